The summed E-state index contributed by atoms with van der Waals surface area (Å²) in [6, 6.07) is -0.0594. The van der Waals surface area contributed by atoms with Crippen LogP contribution in [0.15, 0.2) is 28.7 Å². The zero-order valence-corrected chi connectivity index (χ0v) is 10.0. The van der Waals surface area contributed by atoms with Crippen LogP contribution < -0.4 is 5.73 Å². The molecule has 0 saturated carbocycles. The molecular weight excluding hydrogens is 240 g/mol. The van der Waals surface area contributed by atoms with Crippen LogP contribution in [0.4, 0.5) is 0 Å². The average Bonchev–Trinajstić information content (AvgIpc) is 2.91. The first-order chi connectivity index (χ1) is 7.83. The maximum atomic E-state index is 6.06. The van der Waals surface area contributed by atoms with Crippen molar-refractivity contribution < 1.29 is 0 Å². The van der Waals surface area contributed by atoms with E-state index in [0.29, 0.717) is 0 Å². The molecule has 2 N–H and O–H groups in total. The molecule has 0 saturated heterocycles. The zero-order chi connectivity index (χ0) is 11.0. The van der Waals surface area contributed by atoms with Crippen molar-refractivity contribution in [3.63, 3.8) is 0 Å². The fourth-order valence-corrected chi connectivity index (χ4v) is 2.95. The quantitative estimate of drug-likeness (QED) is 0.774. The summed E-state index contributed by atoms with van der Waals surface area (Å²) in [5.74, 6) is 0. The monoisotopic (exact) mass is 250 g/mol. The van der Waals surface area contributed by atoms with Crippen molar-refractivity contribution in [3.05, 3.63) is 40.1 Å². The van der Waals surface area contributed by atoms with Gasteiger partial charge in [0.05, 0.1) is 22.9 Å². The van der Waals surface area contributed by atoms with Gasteiger partial charge >= 0.3 is 0 Å². The molecule has 0 spiro atoms. The molecule has 0 bridgehead atoms. The van der Waals surface area contributed by atoms with Gasteiger partial charge in [0.25, 0.3) is 0 Å². The highest BCUT2D eigenvalue weighted by Gasteiger charge is 2.11. The molecule has 3 rings (SSSR count). The van der Waals surface area contributed by atoms with Gasteiger partial charge in [-0.25, -0.2) is 9.97 Å². The summed E-state index contributed by atoms with van der Waals surface area (Å²) in [6.07, 6.45) is 4.76. The summed E-state index contributed by atoms with van der Waals surface area (Å²) < 4.78 is 2.02. The number of rotatable bonds is 3. The molecule has 3 heterocycles. The number of aromatic nitrogens is 3. The predicted octanol–water partition coefficient (Wildman–Crippen LogP) is 2.09. The lowest BCUT2D eigenvalue weighted by atomic mass is 10.1. The normalized spacial score (nSPS) is 13.3. The first kappa shape index (κ1) is 9.95. The van der Waals surface area contributed by atoms with Crippen molar-refractivity contribution in [1.82, 2.24) is 14.4 Å². The van der Waals surface area contributed by atoms with Crippen molar-refractivity contribution in [3.8, 4) is 0 Å². The van der Waals surface area contributed by atoms with Crippen LogP contribution in [-0.2, 0) is 6.42 Å². The molecule has 0 amide bonds. The smallest absolute Gasteiger partial charge is 0.193 e. The molecule has 4 nitrogen and oxygen atoms in total. The summed E-state index contributed by atoms with van der Waals surface area (Å²) in [4.78, 5) is 9.73. The number of hydrogen-bond acceptors (Lipinski definition) is 5. The van der Waals surface area contributed by atoms with E-state index in [-0.39, 0.29) is 6.04 Å². The van der Waals surface area contributed by atoms with Crippen LogP contribution in [0.5, 0.6) is 0 Å². The van der Waals surface area contributed by atoms with Crippen molar-refractivity contribution in [2.45, 2.75) is 12.5 Å². The van der Waals surface area contributed by atoms with Gasteiger partial charge in [-0.1, -0.05) is 0 Å². The number of fused-ring (bicyclic) bond motifs is 1. The number of imidazole rings is 1. The van der Waals surface area contributed by atoms with Crippen LogP contribution >= 0.6 is 22.7 Å². The van der Waals surface area contributed by atoms with Crippen LogP contribution in [0, 0.1) is 0 Å². The van der Waals surface area contributed by atoms with Crippen LogP contribution in [0.2, 0.25) is 0 Å². The molecule has 0 fully saturated rings. The fraction of sp³-hybridized carbons (Fsp3) is 0.200. The highest BCUT2D eigenvalue weighted by molar-refractivity contribution is 7.15. The lowest BCUT2D eigenvalue weighted by Gasteiger charge is -2.05. The molecule has 0 aliphatic carbocycles. The molecule has 0 radical (unpaired) electrons. The molecule has 0 aliphatic heterocycles. The molecule has 82 valence electrons. The highest BCUT2D eigenvalue weighted by Crippen LogP contribution is 2.17. The molecule has 16 heavy (non-hydrogen) atoms. The van der Waals surface area contributed by atoms with Gasteiger partial charge in [-0.2, -0.15) is 0 Å². The number of thiazole rings is 2. The number of hydrogen-bond donors (Lipinski definition) is 1. The molecule has 1 atom stereocenters. The van der Waals surface area contributed by atoms with Crippen molar-refractivity contribution in [1.29, 1.82) is 0 Å². The second-order valence-electron chi connectivity index (χ2n) is 3.55. The van der Waals surface area contributed by atoms with Gasteiger partial charge in [-0.15, -0.1) is 22.7 Å². The minimum absolute atomic E-state index is 0.0594. The Morgan fingerprint density at radius 1 is 1.50 bits per heavy atom. The Kier molecular flexibility index (Phi) is 2.47. The van der Waals surface area contributed by atoms with E-state index in [1.165, 1.54) is 0 Å². The van der Waals surface area contributed by atoms with Crippen LogP contribution in [0.1, 0.15) is 17.4 Å². The van der Waals surface area contributed by atoms with E-state index >= 15 is 0 Å². The van der Waals surface area contributed by atoms with Crippen LogP contribution in [-0.4, -0.2) is 14.4 Å². The summed E-state index contributed by atoms with van der Waals surface area (Å²) >= 11 is 3.20. The fourth-order valence-electron chi connectivity index (χ4n) is 1.61. The molecule has 1 unspecified atom stereocenters. The first-order valence-electron chi connectivity index (χ1n) is 4.87. The molecular formula is C10H10N4S2. The second kappa shape index (κ2) is 3.97. The van der Waals surface area contributed by atoms with Gasteiger partial charge in [0.1, 0.15) is 0 Å². The Labute approximate surface area is 100 Å². The van der Waals surface area contributed by atoms with Gasteiger partial charge in [0, 0.05) is 29.6 Å². The molecule has 0 aromatic carbocycles. The van der Waals surface area contributed by atoms with E-state index in [0.717, 1.165) is 22.8 Å². The molecule has 6 heteroatoms. The Bertz CT molecular complexity index is 552. The standard InChI is InChI=1S/C10H10N4S2/c11-8(9-5-15-6-12-9)3-7-4-14-1-2-16-10(14)13-7/h1-2,4-6,8H,3,11H2. The Balaban J connectivity index is 1.82. The Morgan fingerprint density at radius 2 is 2.44 bits per heavy atom. The van der Waals surface area contributed by atoms with E-state index in [9.17, 15) is 0 Å². The molecule has 3 aromatic heterocycles. The van der Waals surface area contributed by atoms with E-state index in [2.05, 4.69) is 9.97 Å². The Hall–Kier alpha value is -1.24. The van der Waals surface area contributed by atoms with E-state index in [1.54, 1.807) is 28.2 Å². The van der Waals surface area contributed by atoms with Crippen molar-refractivity contribution >= 4 is 27.6 Å². The lowest BCUT2D eigenvalue weighted by Crippen LogP contribution is -2.13. The maximum absolute atomic E-state index is 6.06. The third kappa shape index (κ3) is 1.75. The van der Waals surface area contributed by atoms with Crippen molar-refractivity contribution in [2.75, 3.05) is 0 Å². The molecule has 3 aromatic rings. The largest absolute Gasteiger partial charge is 0.322 e. The van der Waals surface area contributed by atoms with E-state index in [4.69, 9.17) is 5.73 Å². The summed E-state index contributed by atoms with van der Waals surface area (Å²) in [5.41, 5.74) is 9.83. The van der Waals surface area contributed by atoms with Crippen LogP contribution in [0.3, 0.4) is 0 Å². The summed E-state index contributed by atoms with van der Waals surface area (Å²) in [6.45, 7) is 0. The van der Waals surface area contributed by atoms with Crippen molar-refractivity contribution in [2.24, 2.45) is 5.73 Å². The second-order valence-corrected chi connectivity index (χ2v) is 5.14. The number of nitrogens with two attached hydrogens (primary N) is 1. The van der Waals surface area contributed by atoms with Gasteiger partial charge in [-0.05, 0) is 0 Å². The average molecular weight is 250 g/mol. The SMILES string of the molecule is NC(Cc1cn2ccsc2n1)c1cscn1. The zero-order valence-electron chi connectivity index (χ0n) is 8.41. The summed E-state index contributed by atoms with van der Waals surface area (Å²) in [7, 11) is 0. The minimum Gasteiger partial charge on any atom is -0.322 e. The van der Waals surface area contributed by atoms with Gasteiger partial charge in [-0.3, -0.25) is 4.40 Å². The van der Waals surface area contributed by atoms with E-state index in [1.807, 2.05) is 27.6 Å². The van der Waals surface area contributed by atoms with E-state index < -0.39 is 0 Å². The topological polar surface area (TPSA) is 56.2 Å². The Morgan fingerprint density at radius 3 is 3.19 bits per heavy atom. The maximum Gasteiger partial charge on any atom is 0.193 e. The van der Waals surface area contributed by atoms with Gasteiger partial charge in [0.2, 0.25) is 0 Å². The van der Waals surface area contributed by atoms with Gasteiger partial charge in [0.15, 0.2) is 4.96 Å². The highest BCUT2D eigenvalue weighted by atomic mass is 32.1. The third-order valence-corrected chi connectivity index (χ3v) is 3.78. The minimum atomic E-state index is -0.0594. The van der Waals surface area contributed by atoms with Gasteiger partial charge < -0.3 is 5.73 Å². The molecule has 0 aliphatic rings. The predicted molar refractivity (Wildman–Crippen MR) is 65.8 cm³/mol. The van der Waals surface area contributed by atoms with Crippen LogP contribution in [0.25, 0.3) is 4.96 Å². The number of nitrogens with zero attached hydrogens (tertiary/aromatic N) is 3. The third-order valence-electron chi connectivity index (χ3n) is 2.40. The first-order valence-corrected chi connectivity index (χ1v) is 6.70. The summed E-state index contributed by atoms with van der Waals surface area (Å²) in [5, 5.41) is 4.01. The lowest BCUT2D eigenvalue weighted by molar-refractivity contribution is 0.691.